The van der Waals surface area contributed by atoms with Crippen LogP contribution in [0.3, 0.4) is 0 Å². The average Bonchev–Trinajstić information content (AvgIpc) is 3.28. The van der Waals surface area contributed by atoms with Crippen molar-refractivity contribution in [3.63, 3.8) is 0 Å². The minimum Gasteiger partial charge on any atom is -0.472 e. The molecule has 3 aromatic rings. The zero-order valence-corrected chi connectivity index (χ0v) is 14.7. The summed E-state index contributed by atoms with van der Waals surface area (Å²) >= 11 is 0. The van der Waals surface area contributed by atoms with Gasteiger partial charge in [-0.3, -0.25) is 9.78 Å². The number of pyridine rings is 1. The highest BCUT2D eigenvalue weighted by Gasteiger charge is 2.26. The molecule has 0 bridgehead atoms. The molecule has 1 unspecified atom stereocenters. The molecule has 4 rings (SSSR count). The van der Waals surface area contributed by atoms with Crippen molar-refractivity contribution in [1.82, 2.24) is 14.5 Å². The smallest absolute Gasteiger partial charge is 0.257 e. The molecule has 0 aliphatic carbocycles. The Bertz CT molecular complexity index is 885. The van der Waals surface area contributed by atoms with E-state index in [2.05, 4.69) is 9.55 Å². The quantitative estimate of drug-likeness (QED) is 0.725. The Kier molecular flexibility index (Phi) is 4.58. The van der Waals surface area contributed by atoms with Gasteiger partial charge in [0.1, 0.15) is 6.26 Å². The van der Waals surface area contributed by atoms with Gasteiger partial charge in [0.2, 0.25) is 0 Å². The summed E-state index contributed by atoms with van der Waals surface area (Å²) in [6.45, 7) is 4.18. The van der Waals surface area contributed by atoms with Gasteiger partial charge in [0.15, 0.2) is 0 Å². The Labute approximate surface area is 152 Å². The maximum absolute atomic E-state index is 12.8. The van der Waals surface area contributed by atoms with E-state index < -0.39 is 0 Å². The molecule has 6 nitrogen and oxygen atoms in total. The van der Waals surface area contributed by atoms with Gasteiger partial charge in [-0.1, -0.05) is 6.07 Å². The fraction of sp³-hybridized carbons (Fsp3) is 0.300. The van der Waals surface area contributed by atoms with Gasteiger partial charge in [0.05, 0.1) is 43.3 Å². The minimum absolute atomic E-state index is 0.0457. The monoisotopic (exact) mass is 351 g/mol. The molecular formula is C20H21N3O3. The van der Waals surface area contributed by atoms with E-state index in [9.17, 15) is 4.79 Å². The van der Waals surface area contributed by atoms with Gasteiger partial charge in [0.25, 0.3) is 5.91 Å². The summed E-state index contributed by atoms with van der Waals surface area (Å²) < 4.78 is 13.3. The Morgan fingerprint density at radius 3 is 3.00 bits per heavy atom. The first kappa shape index (κ1) is 16.6. The van der Waals surface area contributed by atoms with E-state index in [0.717, 1.165) is 17.1 Å². The lowest BCUT2D eigenvalue weighted by Gasteiger charge is -2.24. The fourth-order valence-corrected chi connectivity index (χ4v) is 3.27. The molecule has 1 aliphatic rings. The lowest BCUT2D eigenvalue weighted by Crippen LogP contribution is -2.37. The van der Waals surface area contributed by atoms with E-state index in [4.69, 9.17) is 9.15 Å². The zero-order chi connectivity index (χ0) is 17.9. The maximum atomic E-state index is 12.8. The van der Waals surface area contributed by atoms with Crippen LogP contribution in [0.2, 0.25) is 0 Å². The molecule has 0 spiro atoms. The number of hydrogen-bond acceptors (Lipinski definition) is 4. The van der Waals surface area contributed by atoms with Crippen molar-refractivity contribution in [3.8, 4) is 0 Å². The van der Waals surface area contributed by atoms with Crippen molar-refractivity contribution in [2.75, 3.05) is 6.54 Å². The van der Waals surface area contributed by atoms with Crippen LogP contribution < -0.4 is 0 Å². The predicted molar refractivity (Wildman–Crippen MR) is 95.4 cm³/mol. The second-order valence-corrected chi connectivity index (χ2v) is 6.55. The van der Waals surface area contributed by atoms with Crippen molar-refractivity contribution in [2.45, 2.75) is 32.7 Å². The number of carbonyl (C=O) groups excluding carboxylic acids is 1. The number of fused-ring (bicyclic) bond motifs is 1. The second kappa shape index (κ2) is 7.17. The predicted octanol–water partition coefficient (Wildman–Crippen LogP) is 3.03. The van der Waals surface area contributed by atoms with E-state index in [-0.39, 0.29) is 12.0 Å². The molecule has 0 saturated heterocycles. The highest BCUT2D eigenvalue weighted by molar-refractivity contribution is 5.93. The molecule has 4 heterocycles. The van der Waals surface area contributed by atoms with E-state index >= 15 is 0 Å². The first-order valence-corrected chi connectivity index (χ1v) is 8.68. The summed E-state index contributed by atoms with van der Waals surface area (Å²) in [6.07, 6.45) is 4.92. The lowest BCUT2D eigenvalue weighted by atomic mass is 10.2. The number of aryl methyl sites for hydroxylation is 1. The lowest BCUT2D eigenvalue weighted by molar-refractivity contribution is 0.00918. The second-order valence-electron chi connectivity index (χ2n) is 6.55. The summed E-state index contributed by atoms with van der Waals surface area (Å²) in [5, 5.41) is 0. The van der Waals surface area contributed by atoms with Gasteiger partial charge < -0.3 is 18.6 Å². The van der Waals surface area contributed by atoms with Crippen LogP contribution in [0.4, 0.5) is 0 Å². The summed E-state index contributed by atoms with van der Waals surface area (Å²) in [5.41, 5.74) is 3.52. The first-order chi connectivity index (χ1) is 12.7. The van der Waals surface area contributed by atoms with Crippen LogP contribution in [0.1, 0.15) is 27.4 Å². The van der Waals surface area contributed by atoms with Gasteiger partial charge in [-0.05, 0) is 37.3 Å². The van der Waals surface area contributed by atoms with Crippen LogP contribution in [-0.2, 0) is 24.4 Å². The third kappa shape index (κ3) is 3.55. The van der Waals surface area contributed by atoms with Crippen molar-refractivity contribution in [3.05, 3.63) is 77.8 Å². The van der Waals surface area contributed by atoms with Crippen LogP contribution >= 0.6 is 0 Å². The number of furan rings is 1. The van der Waals surface area contributed by atoms with Crippen LogP contribution in [-0.4, -0.2) is 33.0 Å². The molecule has 6 heteroatoms. The molecule has 0 radical (unpaired) electrons. The van der Waals surface area contributed by atoms with Crippen molar-refractivity contribution in [1.29, 1.82) is 0 Å². The fourth-order valence-electron chi connectivity index (χ4n) is 3.27. The van der Waals surface area contributed by atoms with Gasteiger partial charge in [-0.15, -0.1) is 0 Å². The SMILES string of the molecule is Cc1cccc(COC2CN(C(=O)c3ccoc3)Cc3cccn3C2)n1. The molecule has 3 aromatic heterocycles. The van der Waals surface area contributed by atoms with E-state index in [1.165, 1.54) is 12.5 Å². The van der Waals surface area contributed by atoms with Crippen LogP contribution in [0.15, 0.2) is 59.5 Å². The van der Waals surface area contributed by atoms with Gasteiger partial charge in [-0.25, -0.2) is 0 Å². The van der Waals surface area contributed by atoms with Crippen molar-refractivity contribution >= 4 is 5.91 Å². The highest BCUT2D eigenvalue weighted by atomic mass is 16.5. The number of hydrogen-bond donors (Lipinski definition) is 0. The minimum atomic E-state index is -0.109. The normalized spacial score (nSPS) is 17.0. The molecule has 0 saturated carbocycles. The van der Waals surface area contributed by atoms with E-state index in [0.29, 0.717) is 31.8 Å². The van der Waals surface area contributed by atoms with Crippen LogP contribution in [0.25, 0.3) is 0 Å². The largest absolute Gasteiger partial charge is 0.472 e. The summed E-state index contributed by atoms with van der Waals surface area (Å²) in [7, 11) is 0. The Morgan fingerprint density at radius 1 is 1.27 bits per heavy atom. The van der Waals surface area contributed by atoms with E-state index in [1.807, 2.05) is 48.4 Å². The van der Waals surface area contributed by atoms with Gasteiger partial charge in [0, 0.05) is 24.1 Å². The third-order valence-corrected chi connectivity index (χ3v) is 4.57. The number of rotatable bonds is 4. The van der Waals surface area contributed by atoms with Crippen molar-refractivity contribution in [2.24, 2.45) is 0 Å². The average molecular weight is 351 g/mol. The maximum Gasteiger partial charge on any atom is 0.257 e. The van der Waals surface area contributed by atoms with Crippen molar-refractivity contribution < 1.29 is 13.9 Å². The Balaban J connectivity index is 1.51. The molecule has 26 heavy (non-hydrogen) atoms. The van der Waals surface area contributed by atoms with Gasteiger partial charge in [-0.2, -0.15) is 0 Å². The Hall–Kier alpha value is -2.86. The highest BCUT2D eigenvalue weighted by Crippen LogP contribution is 2.18. The molecule has 1 aliphatic heterocycles. The molecule has 0 fully saturated rings. The van der Waals surface area contributed by atoms with Crippen LogP contribution in [0, 0.1) is 6.92 Å². The van der Waals surface area contributed by atoms with Crippen LogP contribution in [0.5, 0.6) is 0 Å². The molecule has 134 valence electrons. The first-order valence-electron chi connectivity index (χ1n) is 8.68. The topological polar surface area (TPSA) is 60.5 Å². The number of aromatic nitrogens is 2. The van der Waals surface area contributed by atoms with Gasteiger partial charge >= 0.3 is 0 Å². The molecular weight excluding hydrogens is 330 g/mol. The standard InChI is InChI=1S/C20H21N3O3/c1-15-4-2-5-17(21-15)14-26-19-11-22-8-3-6-18(22)10-23(12-19)20(24)16-7-9-25-13-16/h2-9,13,19H,10-12,14H2,1H3. The Morgan fingerprint density at radius 2 is 2.19 bits per heavy atom. The van der Waals surface area contributed by atoms with E-state index in [1.54, 1.807) is 6.07 Å². The molecule has 1 amide bonds. The molecule has 0 aromatic carbocycles. The summed E-state index contributed by atoms with van der Waals surface area (Å²) in [4.78, 5) is 19.1. The zero-order valence-electron chi connectivity index (χ0n) is 14.7. The summed E-state index contributed by atoms with van der Waals surface area (Å²) in [6, 6.07) is 11.6. The third-order valence-electron chi connectivity index (χ3n) is 4.57. The summed E-state index contributed by atoms with van der Waals surface area (Å²) in [5.74, 6) is -0.0457. The number of ether oxygens (including phenoxy) is 1. The molecule has 1 atom stereocenters. The number of nitrogens with zero attached hydrogens (tertiary/aromatic N) is 3. The number of amides is 1. The molecule has 0 N–H and O–H groups in total. The number of carbonyl (C=O) groups is 1.